The van der Waals surface area contributed by atoms with Gasteiger partial charge in [-0.05, 0) is 183 Å². The first-order valence-corrected chi connectivity index (χ1v) is 44.3. The smallest absolute Gasteiger partial charge is 0.242 e. The molecule has 0 saturated carbocycles. The molecule has 4 fully saturated rings. The maximum absolute atomic E-state index is 14.8. The second-order valence-corrected chi connectivity index (χ2v) is 33.2. The fourth-order valence-corrected chi connectivity index (χ4v) is 16.6. The van der Waals surface area contributed by atoms with Gasteiger partial charge in [0.25, 0.3) is 0 Å². The molecule has 126 heavy (non-hydrogen) atoms. The van der Waals surface area contributed by atoms with Crippen molar-refractivity contribution < 1.29 is 57.7 Å². The summed E-state index contributed by atoms with van der Waals surface area (Å²) in [4.78, 5) is 179. The summed E-state index contributed by atoms with van der Waals surface area (Å²) >= 11 is 0. The quantitative estimate of drug-likeness (QED) is 0.0188. The Hall–Kier alpha value is -12.5. The van der Waals surface area contributed by atoms with Crippen LogP contribution in [0, 0.1) is 0 Å². The number of benzene rings is 6. The summed E-state index contributed by atoms with van der Waals surface area (Å²) < 4.78 is 12.3. The first kappa shape index (κ1) is 89.7. The second kappa shape index (κ2) is 43.4. The molecule has 668 valence electrons. The normalized spacial score (nSPS) is 14.5. The SMILES string of the molecule is CNCCCCN(CC(=O)N(CCC(=O)N1CCCC1)CC(=O)N(CCCNC(=O)CCCOc1cccc(-c2nc3ccc(-c4nc5cc(N6CCN(C)CC6)ccc5[nH]4)cc3[nH]2)c1)CC(N)=O)C(=O)CN(CCO)C(=O)CN(CCC(=O)N1CCCC1)C(=O)CCCOc1cccc(-c2nc3ccc(-c4nc5cc(N6CCN(C)CC6)ccc5[nH]4)cc3[nH]2)c1. The highest BCUT2D eigenvalue weighted by molar-refractivity contribution is 5.94. The van der Waals surface area contributed by atoms with Gasteiger partial charge in [-0.2, -0.15) is 0 Å². The van der Waals surface area contributed by atoms with Crippen molar-refractivity contribution in [1.29, 1.82) is 0 Å². The lowest BCUT2D eigenvalue weighted by molar-refractivity contribution is -0.148. The van der Waals surface area contributed by atoms with Crippen molar-refractivity contribution in [2.45, 2.75) is 83.5 Å². The van der Waals surface area contributed by atoms with Gasteiger partial charge in [0.15, 0.2) is 0 Å². The number of anilines is 2. The number of carbonyl (C=O) groups is 9. The van der Waals surface area contributed by atoms with E-state index in [9.17, 15) is 48.3 Å². The number of rotatable bonds is 43. The van der Waals surface area contributed by atoms with E-state index in [0.717, 1.165) is 167 Å². The molecule has 34 nitrogen and oxygen atoms in total. The molecule has 9 N–H and O–H groups in total. The number of nitrogens with zero attached hydrogens (tertiary/aromatic N) is 15. The average Bonchev–Trinajstić information content (AvgIpc) is 1.64. The number of carbonyl (C=O) groups excluding carboxylic acids is 9. The number of ether oxygens (including phenoxy) is 2. The van der Waals surface area contributed by atoms with Gasteiger partial charge in [-0.3, -0.25) is 43.2 Å². The average molecular weight is 1720 g/mol. The largest absolute Gasteiger partial charge is 0.494 e. The van der Waals surface area contributed by atoms with Crippen LogP contribution in [0.15, 0.2) is 121 Å². The van der Waals surface area contributed by atoms with Crippen LogP contribution in [0.2, 0.25) is 0 Å². The van der Waals surface area contributed by atoms with Crippen molar-refractivity contribution in [2.24, 2.45) is 5.73 Å². The van der Waals surface area contributed by atoms with E-state index >= 15 is 0 Å². The fraction of sp³-hybridized carbons (Fsp3) is 0.467. The molecule has 9 amide bonds. The minimum atomic E-state index is -0.820. The molecule has 0 aliphatic carbocycles. The number of aromatic amines is 4. The third-order valence-corrected chi connectivity index (χ3v) is 23.9. The third-order valence-electron chi connectivity index (χ3n) is 23.9. The van der Waals surface area contributed by atoms with Gasteiger partial charge < -0.3 is 105 Å². The lowest BCUT2D eigenvalue weighted by atomic mass is 10.2. The standard InChI is InChI=1S/C92H118N22O12/c1-94-31-4-5-37-111(86(122)63-114(49-50-115)88(124)61-112(39-29-83(119)108-33-6-7-34-108)82(118)20-13-52-126-71-18-11-16-65(54-71)90-97-73-26-22-67(56-77(73)101-90)92-99-75-28-24-69(58-79(75)103-92)107-47-43-105(3)44-48-107)60-87(123)113(40-30-84(120)109-35-8-9-36-109)62-85(121)110(59-80(93)116)38-14-32-95-81(117)19-12-51-125-70-17-10-15-64(53-70)89-96-72-25-21-66(55-76(72)100-89)91-98-74-27-23-68(57-78(74)102-91)106-45-41-104(2)42-46-106/h10-11,15-18,21-28,53-58,94,115H,4-9,12-14,19-20,29-52,59-63H2,1-3H3,(H2,93,116)(H,95,117)(H,96,100)(H,97,101)(H,98,102)(H,99,103). The highest BCUT2D eigenvalue weighted by Gasteiger charge is 2.32. The molecule has 6 aromatic carbocycles. The number of aliphatic hydroxyl groups is 1. The topological polar surface area (TPSA) is 393 Å². The zero-order valence-corrected chi connectivity index (χ0v) is 72.6. The Bertz CT molecular complexity index is 5440. The van der Waals surface area contributed by atoms with Crippen LogP contribution in [0.25, 0.3) is 89.7 Å². The van der Waals surface area contributed by atoms with Crippen molar-refractivity contribution in [3.8, 4) is 57.1 Å². The number of H-pyrrole nitrogens is 4. The molecule has 0 spiro atoms. The van der Waals surface area contributed by atoms with Gasteiger partial charge in [0.1, 0.15) is 34.8 Å². The first-order valence-electron chi connectivity index (χ1n) is 44.3. The van der Waals surface area contributed by atoms with Crippen LogP contribution in [0.5, 0.6) is 11.5 Å². The fourth-order valence-electron chi connectivity index (χ4n) is 16.6. The van der Waals surface area contributed by atoms with Crippen molar-refractivity contribution >= 4 is 109 Å². The molecule has 4 saturated heterocycles. The van der Waals surface area contributed by atoms with E-state index in [1.807, 2.05) is 84.9 Å². The number of primary amides is 1. The summed E-state index contributed by atoms with van der Waals surface area (Å²) in [5.41, 5.74) is 18.4. The third kappa shape index (κ3) is 24.1. The second-order valence-electron chi connectivity index (χ2n) is 33.2. The minimum absolute atomic E-state index is 0.0337. The number of amides is 9. The maximum Gasteiger partial charge on any atom is 0.242 e. The van der Waals surface area contributed by atoms with E-state index in [2.05, 4.69) is 101 Å². The number of piperazine rings is 2. The van der Waals surface area contributed by atoms with Gasteiger partial charge in [-0.15, -0.1) is 0 Å². The van der Waals surface area contributed by atoms with E-state index in [1.54, 1.807) is 16.8 Å². The lowest BCUT2D eigenvalue weighted by Gasteiger charge is -2.34. The number of aromatic nitrogens is 8. The van der Waals surface area contributed by atoms with Gasteiger partial charge in [0.2, 0.25) is 53.2 Å². The number of aliphatic hydroxyl groups excluding tert-OH is 1. The van der Waals surface area contributed by atoms with Crippen molar-refractivity contribution in [2.75, 3.05) is 208 Å². The Morgan fingerprint density at radius 3 is 1.28 bits per heavy atom. The molecule has 0 unspecified atom stereocenters. The molecular weight excluding hydrogens is 1610 g/mol. The summed E-state index contributed by atoms with van der Waals surface area (Å²) in [5, 5.41) is 16.4. The number of imidazole rings is 4. The number of hydrogen-bond acceptors (Lipinski definition) is 21. The molecule has 34 heteroatoms. The number of unbranched alkanes of at least 4 members (excludes halogenated alkanes) is 1. The lowest BCUT2D eigenvalue weighted by Crippen LogP contribution is -2.52. The van der Waals surface area contributed by atoms with Gasteiger partial charge in [-0.25, -0.2) is 19.9 Å². The Labute approximate surface area is 732 Å². The summed E-state index contributed by atoms with van der Waals surface area (Å²) in [6.45, 7) is 7.30. The molecule has 8 heterocycles. The maximum atomic E-state index is 14.8. The molecule has 4 aromatic heterocycles. The van der Waals surface area contributed by atoms with E-state index in [-0.39, 0.29) is 109 Å². The van der Waals surface area contributed by atoms with Crippen LogP contribution in [-0.4, -0.2) is 340 Å². The van der Waals surface area contributed by atoms with Crippen molar-refractivity contribution in [3.05, 3.63) is 121 Å². The summed E-state index contributed by atoms with van der Waals surface area (Å²) in [6.07, 6.45) is 5.08. The van der Waals surface area contributed by atoms with E-state index in [4.69, 9.17) is 35.1 Å². The number of likely N-dealkylation sites (N-methyl/N-ethyl adjacent to an activating group) is 2. The number of hydrogen-bond donors (Lipinski definition) is 8. The Morgan fingerprint density at radius 1 is 0.405 bits per heavy atom. The van der Waals surface area contributed by atoms with Gasteiger partial charge in [0, 0.05) is 177 Å². The zero-order chi connectivity index (χ0) is 88.0. The molecule has 14 rings (SSSR count). The van der Waals surface area contributed by atoms with E-state index in [0.29, 0.717) is 75.1 Å². The zero-order valence-electron chi connectivity index (χ0n) is 72.6. The highest BCUT2D eigenvalue weighted by Crippen LogP contribution is 2.33. The van der Waals surface area contributed by atoms with Gasteiger partial charge in [0.05, 0.1) is 96.7 Å². The molecule has 0 bridgehead atoms. The van der Waals surface area contributed by atoms with Crippen LogP contribution in [0.4, 0.5) is 11.4 Å². The first-order chi connectivity index (χ1) is 61.2. The van der Waals surface area contributed by atoms with Crippen molar-refractivity contribution in [1.82, 2.24) is 94.6 Å². The minimum Gasteiger partial charge on any atom is -0.494 e. The van der Waals surface area contributed by atoms with E-state index < -0.39 is 74.8 Å². The number of likely N-dealkylation sites (tertiary alicyclic amines) is 2. The Kier molecular flexibility index (Phi) is 30.9. The molecule has 0 radical (unpaired) electrons. The summed E-state index contributed by atoms with van der Waals surface area (Å²) in [7, 11) is 6.08. The number of nitrogens with one attached hydrogen (secondary N) is 6. The van der Waals surface area contributed by atoms with Crippen LogP contribution >= 0.6 is 0 Å². The summed E-state index contributed by atoms with van der Waals surface area (Å²) in [6, 6.07) is 39.8. The number of fused-ring (bicyclic) bond motifs is 4. The number of nitrogens with two attached hydrogens (primary N) is 1. The van der Waals surface area contributed by atoms with Crippen LogP contribution < -0.4 is 35.6 Å². The highest BCUT2D eigenvalue weighted by atomic mass is 16.5. The van der Waals surface area contributed by atoms with Crippen molar-refractivity contribution in [3.63, 3.8) is 0 Å². The van der Waals surface area contributed by atoms with Gasteiger partial charge in [-0.1, -0.05) is 24.3 Å². The molecule has 0 atom stereocenters. The molecule has 4 aliphatic rings. The molecule has 10 aromatic rings. The van der Waals surface area contributed by atoms with E-state index in [1.165, 1.54) is 25.3 Å². The summed E-state index contributed by atoms with van der Waals surface area (Å²) in [5.74, 6) is -0.645. The Morgan fingerprint density at radius 2 is 0.817 bits per heavy atom. The predicted octanol–water partition coefficient (Wildman–Crippen LogP) is 6.53. The predicted molar refractivity (Wildman–Crippen MR) is 483 cm³/mol. The van der Waals surface area contributed by atoms with Gasteiger partial charge >= 0.3 is 0 Å². The Balaban J connectivity index is 0.560. The van der Waals surface area contributed by atoms with Crippen LogP contribution in [0.3, 0.4) is 0 Å². The van der Waals surface area contributed by atoms with Crippen LogP contribution in [0.1, 0.15) is 83.5 Å². The van der Waals surface area contributed by atoms with Crippen LogP contribution in [-0.2, 0) is 43.2 Å². The monoisotopic (exact) mass is 1720 g/mol. The molecule has 4 aliphatic heterocycles. The molecular formula is C92H118N22O12.